The molecule has 0 radical (unpaired) electrons. The number of hydrogen-bond donors (Lipinski definition) is 2. The Morgan fingerprint density at radius 2 is 1.70 bits per heavy atom. The predicted molar refractivity (Wildman–Crippen MR) is 92.8 cm³/mol. The molecule has 0 aliphatic heterocycles. The van der Waals surface area contributed by atoms with E-state index in [1.165, 1.54) is 51.4 Å². The number of fused-ring (bicyclic) bond motifs is 3. The minimum absolute atomic E-state index is 0.0248. The van der Waals surface area contributed by atoms with E-state index in [0.29, 0.717) is 10.8 Å². The highest BCUT2D eigenvalue weighted by atomic mass is 16.3. The second-order valence-corrected chi connectivity index (χ2v) is 10.6. The third-order valence-corrected chi connectivity index (χ3v) is 10.1. The lowest BCUT2D eigenvalue weighted by Gasteiger charge is -2.52. The van der Waals surface area contributed by atoms with Crippen molar-refractivity contribution in [3.63, 3.8) is 0 Å². The zero-order valence-corrected chi connectivity index (χ0v) is 15.1. The summed E-state index contributed by atoms with van der Waals surface area (Å²) in [5, 5.41) is 10.5. The zero-order chi connectivity index (χ0) is 16.0. The summed E-state index contributed by atoms with van der Waals surface area (Å²) in [6, 6.07) is 0.0248. The molecule has 5 rings (SSSR count). The van der Waals surface area contributed by atoms with Crippen molar-refractivity contribution in [2.24, 2.45) is 45.7 Å². The van der Waals surface area contributed by atoms with Crippen LogP contribution in [0.5, 0.6) is 0 Å². The highest BCUT2D eigenvalue weighted by Gasteiger charge is 2.74. The van der Waals surface area contributed by atoms with E-state index >= 15 is 0 Å². The minimum Gasteiger partial charge on any atom is -0.391 e. The summed E-state index contributed by atoms with van der Waals surface area (Å²) in [7, 11) is 0. The van der Waals surface area contributed by atoms with Gasteiger partial charge in [0.05, 0.1) is 6.10 Å². The van der Waals surface area contributed by atoms with Gasteiger partial charge < -0.3 is 10.8 Å². The quantitative estimate of drug-likeness (QED) is 0.706. The van der Waals surface area contributed by atoms with Crippen molar-refractivity contribution in [2.45, 2.75) is 90.2 Å². The molecule has 2 nitrogen and oxygen atoms in total. The smallest absolute Gasteiger partial charge is 0.0696 e. The largest absolute Gasteiger partial charge is 0.391 e. The van der Waals surface area contributed by atoms with Gasteiger partial charge in [-0.3, -0.25) is 0 Å². The van der Waals surface area contributed by atoms with E-state index in [1.54, 1.807) is 0 Å². The summed E-state index contributed by atoms with van der Waals surface area (Å²) < 4.78 is 0. The van der Waals surface area contributed by atoms with Crippen molar-refractivity contribution < 1.29 is 5.11 Å². The standard InChI is InChI=1S/C21H35NO/c1-19-7-3-8-21(19)15-5-4-13-11-17(22)18(23)12-20(13,2)14(6-9-19)10-16(15)21/h13-18,23H,3-12,22H2,1-2H3/t13-,14-,15?,16?,17?,18?,19-,20-,21-/m0/s1. The van der Waals surface area contributed by atoms with Gasteiger partial charge in [-0.1, -0.05) is 20.3 Å². The monoisotopic (exact) mass is 317 g/mol. The summed E-state index contributed by atoms with van der Waals surface area (Å²) in [6.45, 7) is 5.17. The Morgan fingerprint density at radius 1 is 0.913 bits per heavy atom. The van der Waals surface area contributed by atoms with Crippen LogP contribution < -0.4 is 5.73 Å². The van der Waals surface area contributed by atoms with Gasteiger partial charge in [0.1, 0.15) is 0 Å². The fourth-order valence-corrected chi connectivity index (χ4v) is 8.74. The van der Waals surface area contributed by atoms with Gasteiger partial charge in [-0.25, -0.2) is 0 Å². The summed E-state index contributed by atoms with van der Waals surface area (Å²) in [4.78, 5) is 0. The molecule has 130 valence electrons. The van der Waals surface area contributed by atoms with E-state index in [2.05, 4.69) is 13.8 Å². The van der Waals surface area contributed by atoms with Crippen molar-refractivity contribution in [1.29, 1.82) is 0 Å². The molecule has 0 aromatic heterocycles. The van der Waals surface area contributed by atoms with Crippen molar-refractivity contribution in [3.05, 3.63) is 0 Å². The van der Waals surface area contributed by atoms with E-state index < -0.39 is 0 Å². The fourth-order valence-electron chi connectivity index (χ4n) is 8.74. The van der Waals surface area contributed by atoms with E-state index in [1.807, 2.05) is 0 Å². The first kappa shape index (κ1) is 15.2. The van der Waals surface area contributed by atoms with Gasteiger partial charge >= 0.3 is 0 Å². The first-order chi connectivity index (χ1) is 10.9. The molecule has 5 aliphatic rings. The van der Waals surface area contributed by atoms with Gasteiger partial charge in [0.2, 0.25) is 0 Å². The molecule has 5 saturated carbocycles. The van der Waals surface area contributed by atoms with Crippen molar-refractivity contribution >= 4 is 0 Å². The predicted octanol–water partition coefficient (Wildman–Crippen LogP) is 4.11. The van der Waals surface area contributed by atoms with Crippen LogP contribution in [-0.4, -0.2) is 17.3 Å². The van der Waals surface area contributed by atoms with Crippen LogP contribution in [-0.2, 0) is 0 Å². The third kappa shape index (κ3) is 1.73. The first-order valence-electron chi connectivity index (χ1n) is 10.3. The molecule has 1 spiro atoms. The number of nitrogens with two attached hydrogens (primary N) is 1. The Morgan fingerprint density at radius 3 is 2.52 bits per heavy atom. The summed E-state index contributed by atoms with van der Waals surface area (Å²) in [5.41, 5.74) is 7.98. The average molecular weight is 318 g/mol. The third-order valence-electron chi connectivity index (χ3n) is 10.1. The topological polar surface area (TPSA) is 46.2 Å². The van der Waals surface area contributed by atoms with Crippen LogP contribution in [0, 0.1) is 39.9 Å². The van der Waals surface area contributed by atoms with E-state index in [9.17, 15) is 5.11 Å². The number of aliphatic hydroxyl groups excluding tert-OH is 1. The Labute approximate surface area is 141 Å². The molecule has 0 amide bonds. The number of rotatable bonds is 0. The zero-order valence-electron chi connectivity index (χ0n) is 15.1. The van der Waals surface area contributed by atoms with Gasteiger partial charge in [0.25, 0.3) is 0 Å². The lowest BCUT2D eigenvalue weighted by Crippen LogP contribution is -2.52. The van der Waals surface area contributed by atoms with Gasteiger partial charge in [-0.05, 0) is 97.7 Å². The van der Waals surface area contributed by atoms with Crippen LogP contribution in [0.25, 0.3) is 0 Å². The highest BCUT2D eigenvalue weighted by Crippen LogP contribution is 2.81. The molecule has 5 fully saturated rings. The first-order valence-corrected chi connectivity index (χ1v) is 10.3. The van der Waals surface area contributed by atoms with Gasteiger partial charge in [0.15, 0.2) is 0 Å². The Balaban J connectivity index is 1.52. The van der Waals surface area contributed by atoms with Gasteiger partial charge in [0, 0.05) is 6.04 Å². The molecular formula is C21H35NO. The Bertz CT molecular complexity index is 520. The van der Waals surface area contributed by atoms with E-state index in [-0.39, 0.29) is 12.1 Å². The fraction of sp³-hybridized carbons (Fsp3) is 1.00. The molecule has 23 heavy (non-hydrogen) atoms. The molecule has 3 N–H and O–H groups in total. The van der Waals surface area contributed by atoms with Gasteiger partial charge in [-0.15, -0.1) is 0 Å². The molecule has 9 atom stereocenters. The molecule has 2 bridgehead atoms. The summed E-state index contributed by atoms with van der Waals surface area (Å²) in [6.07, 6.45) is 13.4. The summed E-state index contributed by atoms with van der Waals surface area (Å²) >= 11 is 0. The average Bonchev–Trinajstić information content (AvgIpc) is 3.01. The molecule has 0 saturated heterocycles. The van der Waals surface area contributed by atoms with Crippen LogP contribution in [0.3, 0.4) is 0 Å². The number of aliphatic hydroxyl groups is 1. The summed E-state index contributed by atoms with van der Waals surface area (Å²) in [5.74, 6) is 3.65. The highest BCUT2D eigenvalue weighted by molar-refractivity contribution is 5.23. The Kier molecular flexibility index (Phi) is 3.01. The maximum atomic E-state index is 10.5. The maximum Gasteiger partial charge on any atom is 0.0696 e. The minimum atomic E-state index is -0.266. The van der Waals surface area contributed by atoms with E-state index in [0.717, 1.165) is 41.9 Å². The van der Waals surface area contributed by atoms with Crippen LogP contribution in [0.2, 0.25) is 0 Å². The Hall–Kier alpha value is -0.0800. The SMILES string of the molecule is C[C@]12CC(O)C(N)C[C@@H]1CCC1C3C[C@@H]2CC[C@]2(C)CCC[C@]132. The molecule has 2 heteroatoms. The second kappa shape index (κ2) is 4.55. The van der Waals surface area contributed by atoms with Crippen molar-refractivity contribution in [3.8, 4) is 0 Å². The molecule has 5 aliphatic carbocycles. The molecule has 0 heterocycles. The van der Waals surface area contributed by atoms with Crippen LogP contribution in [0.1, 0.15) is 78.1 Å². The second-order valence-electron chi connectivity index (χ2n) is 10.6. The normalized spacial score (nSPS) is 64.2. The lowest BCUT2D eigenvalue weighted by atomic mass is 9.55. The molecule has 4 unspecified atom stereocenters. The van der Waals surface area contributed by atoms with Crippen molar-refractivity contribution in [2.75, 3.05) is 0 Å². The van der Waals surface area contributed by atoms with Crippen molar-refractivity contribution in [1.82, 2.24) is 0 Å². The molecule has 0 aromatic rings. The molecule has 0 aromatic carbocycles. The van der Waals surface area contributed by atoms with Crippen LogP contribution in [0.4, 0.5) is 0 Å². The number of hydrogen-bond acceptors (Lipinski definition) is 2. The van der Waals surface area contributed by atoms with Gasteiger partial charge in [-0.2, -0.15) is 0 Å². The maximum absolute atomic E-state index is 10.5. The molecular weight excluding hydrogens is 282 g/mol. The lowest BCUT2D eigenvalue weighted by molar-refractivity contribution is -0.0552. The van der Waals surface area contributed by atoms with Crippen LogP contribution in [0.15, 0.2) is 0 Å². The van der Waals surface area contributed by atoms with E-state index in [4.69, 9.17) is 5.73 Å². The van der Waals surface area contributed by atoms with Crippen LogP contribution >= 0.6 is 0 Å².